The molecule has 0 aromatic heterocycles. The first-order chi connectivity index (χ1) is 8.36. The van der Waals surface area contributed by atoms with Crippen LogP contribution >= 0.6 is 0 Å². The largest absolute Gasteiger partial charge is 0.396 e. The molecule has 2 heteroatoms. The minimum Gasteiger partial charge on any atom is -0.396 e. The molecule has 0 aliphatic carbocycles. The first-order valence-electron chi connectivity index (χ1n) is 6.72. The van der Waals surface area contributed by atoms with Gasteiger partial charge in [0, 0.05) is 6.61 Å². The molecule has 0 aliphatic heterocycles. The molecule has 0 aliphatic rings. The Balaban J connectivity index is 2.04. The molecule has 1 atom stereocenters. The Morgan fingerprint density at radius 1 is 1.24 bits per heavy atom. The second kappa shape index (κ2) is 9.20. The topological polar surface area (TPSA) is 32.3 Å². The van der Waals surface area contributed by atoms with Crippen LogP contribution in [0.1, 0.15) is 31.7 Å². The average Bonchev–Trinajstić information content (AvgIpc) is 2.38. The lowest BCUT2D eigenvalue weighted by Gasteiger charge is -2.14. The number of rotatable bonds is 9. The van der Waals surface area contributed by atoms with Crippen LogP contribution in [-0.4, -0.2) is 24.8 Å². The van der Waals surface area contributed by atoms with E-state index in [9.17, 15) is 0 Å². The molecular formula is C15H25NO. The predicted molar refractivity (Wildman–Crippen MR) is 73.1 cm³/mol. The third-order valence-corrected chi connectivity index (χ3v) is 3.21. The van der Waals surface area contributed by atoms with Crippen LogP contribution in [0.5, 0.6) is 0 Å². The lowest BCUT2D eigenvalue weighted by molar-refractivity contribution is 0.251. The molecular weight excluding hydrogens is 210 g/mol. The van der Waals surface area contributed by atoms with Gasteiger partial charge in [0.15, 0.2) is 0 Å². The van der Waals surface area contributed by atoms with Gasteiger partial charge in [-0.15, -0.1) is 0 Å². The number of hydrogen-bond acceptors (Lipinski definition) is 2. The summed E-state index contributed by atoms with van der Waals surface area (Å²) in [6.45, 7) is 4.60. The molecule has 17 heavy (non-hydrogen) atoms. The Bertz CT molecular complexity index is 274. The molecule has 0 heterocycles. The molecule has 0 spiro atoms. The summed E-state index contributed by atoms with van der Waals surface area (Å²) in [7, 11) is 0. The summed E-state index contributed by atoms with van der Waals surface area (Å²) in [5, 5.41) is 12.4. The van der Waals surface area contributed by atoms with Crippen LogP contribution in [0.15, 0.2) is 30.3 Å². The number of aliphatic hydroxyl groups excluding tert-OH is 1. The maximum absolute atomic E-state index is 8.89. The van der Waals surface area contributed by atoms with E-state index in [2.05, 4.69) is 42.6 Å². The maximum atomic E-state index is 8.89. The Labute approximate surface area is 105 Å². The van der Waals surface area contributed by atoms with E-state index in [1.807, 2.05) is 0 Å². The molecule has 1 aromatic carbocycles. The van der Waals surface area contributed by atoms with Gasteiger partial charge >= 0.3 is 0 Å². The van der Waals surface area contributed by atoms with Gasteiger partial charge < -0.3 is 10.4 Å². The Morgan fingerprint density at radius 2 is 2.00 bits per heavy atom. The van der Waals surface area contributed by atoms with E-state index in [1.165, 1.54) is 12.0 Å². The lowest BCUT2D eigenvalue weighted by Crippen LogP contribution is -2.24. The molecule has 0 fully saturated rings. The number of benzene rings is 1. The number of aliphatic hydroxyl groups is 1. The molecule has 2 nitrogen and oxygen atoms in total. The van der Waals surface area contributed by atoms with Crippen LogP contribution in [0.4, 0.5) is 0 Å². The van der Waals surface area contributed by atoms with Crippen LogP contribution in [-0.2, 0) is 6.42 Å². The maximum Gasteiger partial charge on any atom is 0.0434 e. The van der Waals surface area contributed by atoms with Crippen molar-refractivity contribution >= 4 is 0 Å². The highest BCUT2D eigenvalue weighted by Gasteiger charge is 2.04. The van der Waals surface area contributed by atoms with Gasteiger partial charge in [0.25, 0.3) is 0 Å². The second-order valence-electron chi connectivity index (χ2n) is 4.58. The van der Waals surface area contributed by atoms with E-state index in [0.717, 1.165) is 32.4 Å². The van der Waals surface area contributed by atoms with Gasteiger partial charge in [-0.05, 0) is 43.8 Å². The van der Waals surface area contributed by atoms with Gasteiger partial charge in [-0.25, -0.2) is 0 Å². The Kier molecular flexibility index (Phi) is 7.69. The molecule has 1 rings (SSSR count). The SMILES string of the molecule is CCC(CCO)CNCCCc1ccccc1. The summed E-state index contributed by atoms with van der Waals surface area (Å²) >= 11 is 0. The monoisotopic (exact) mass is 235 g/mol. The molecule has 0 amide bonds. The third-order valence-electron chi connectivity index (χ3n) is 3.21. The first kappa shape index (κ1) is 14.2. The van der Waals surface area contributed by atoms with Crippen molar-refractivity contribution in [3.63, 3.8) is 0 Å². The van der Waals surface area contributed by atoms with E-state index in [-0.39, 0.29) is 0 Å². The number of nitrogens with one attached hydrogen (secondary N) is 1. The smallest absolute Gasteiger partial charge is 0.0434 e. The minimum atomic E-state index is 0.310. The molecule has 0 radical (unpaired) electrons. The molecule has 1 unspecified atom stereocenters. The molecule has 1 aromatic rings. The normalized spacial score (nSPS) is 12.6. The molecule has 0 bridgehead atoms. The fraction of sp³-hybridized carbons (Fsp3) is 0.600. The minimum absolute atomic E-state index is 0.310. The van der Waals surface area contributed by atoms with Crippen molar-refractivity contribution < 1.29 is 5.11 Å². The van der Waals surface area contributed by atoms with Gasteiger partial charge in [-0.1, -0.05) is 43.7 Å². The predicted octanol–water partition coefficient (Wildman–Crippen LogP) is 2.62. The van der Waals surface area contributed by atoms with Crippen molar-refractivity contribution in [2.75, 3.05) is 19.7 Å². The van der Waals surface area contributed by atoms with Crippen molar-refractivity contribution in [2.45, 2.75) is 32.6 Å². The lowest BCUT2D eigenvalue weighted by atomic mass is 10.0. The van der Waals surface area contributed by atoms with Crippen molar-refractivity contribution in [3.05, 3.63) is 35.9 Å². The summed E-state index contributed by atoms with van der Waals surface area (Å²) in [6, 6.07) is 10.6. The van der Waals surface area contributed by atoms with Gasteiger partial charge in [-0.3, -0.25) is 0 Å². The first-order valence-corrected chi connectivity index (χ1v) is 6.72. The van der Waals surface area contributed by atoms with Crippen molar-refractivity contribution in [1.29, 1.82) is 0 Å². The highest BCUT2D eigenvalue weighted by atomic mass is 16.3. The Hall–Kier alpha value is -0.860. The van der Waals surface area contributed by atoms with E-state index in [4.69, 9.17) is 5.11 Å². The van der Waals surface area contributed by atoms with E-state index in [0.29, 0.717) is 12.5 Å². The van der Waals surface area contributed by atoms with Gasteiger partial charge in [-0.2, -0.15) is 0 Å². The third kappa shape index (κ3) is 6.44. The van der Waals surface area contributed by atoms with E-state index < -0.39 is 0 Å². The highest BCUT2D eigenvalue weighted by Crippen LogP contribution is 2.06. The average molecular weight is 235 g/mol. The highest BCUT2D eigenvalue weighted by molar-refractivity contribution is 5.14. The van der Waals surface area contributed by atoms with Crippen LogP contribution in [0.25, 0.3) is 0 Å². The fourth-order valence-electron chi connectivity index (χ4n) is 2.00. The molecule has 2 N–H and O–H groups in total. The fourth-order valence-corrected chi connectivity index (χ4v) is 2.00. The zero-order valence-corrected chi connectivity index (χ0v) is 10.9. The van der Waals surface area contributed by atoms with Gasteiger partial charge in [0.1, 0.15) is 0 Å². The molecule has 96 valence electrons. The standard InChI is InChI=1S/C15H25NO/c1-2-14(10-12-17)13-16-11-6-9-15-7-4-3-5-8-15/h3-5,7-8,14,16-17H,2,6,9-13H2,1H3. The number of aryl methyl sites for hydroxylation is 1. The zero-order chi connectivity index (χ0) is 12.3. The van der Waals surface area contributed by atoms with Crippen LogP contribution in [0.3, 0.4) is 0 Å². The second-order valence-corrected chi connectivity index (χ2v) is 4.58. The van der Waals surface area contributed by atoms with Crippen molar-refractivity contribution in [3.8, 4) is 0 Å². The quantitative estimate of drug-likeness (QED) is 0.645. The van der Waals surface area contributed by atoms with Crippen LogP contribution in [0.2, 0.25) is 0 Å². The van der Waals surface area contributed by atoms with Crippen molar-refractivity contribution in [2.24, 2.45) is 5.92 Å². The van der Waals surface area contributed by atoms with E-state index in [1.54, 1.807) is 0 Å². The summed E-state index contributed by atoms with van der Waals surface area (Å²) < 4.78 is 0. The summed E-state index contributed by atoms with van der Waals surface area (Å²) in [5.74, 6) is 0.622. The van der Waals surface area contributed by atoms with Crippen molar-refractivity contribution in [1.82, 2.24) is 5.32 Å². The molecule has 0 saturated heterocycles. The van der Waals surface area contributed by atoms with Crippen LogP contribution in [0, 0.1) is 5.92 Å². The van der Waals surface area contributed by atoms with Crippen LogP contribution < -0.4 is 5.32 Å². The van der Waals surface area contributed by atoms with Gasteiger partial charge in [0.05, 0.1) is 0 Å². The zero-order valence-electron chi connectivity index (χ0n) is 10.9. The summed E-state index contributed by atoms with van der Waals surface area (Å²) in [4.78, 5) is 0. The summed E-state index contributed by atoms with van der Waals surface area (Å²) in [6.07, 6.45) is 4.39. The summed E-state index contributed by atoms with van der Waals surface area (Å²) in [5.41, 5.74) is 1.41. The Morgan fingerprint density at radius 3 is 2.65 bits per heavy atom. The van der Waals surface area contributed by atoms with Gasteiger partial charge in [0.2, 0.25) is 0 Å². The number of hydrogen-bond donors (Lipinski definition) is 2. The molecule has 0 saturated carbocycles. The van der Waals surface area contributed by atoms with E-state index >= 15 is 0 Å².